The lowest BCUT2D eigenvalue weighted by Crippen LogP contribution is -2.21. The van der Waals surface area contributed by atoms with Crippen LogP contribution in [-0.2, 0) is 20.8 Å². The molecule has 0 amide bonds. The Kier molecular flexibility index (Phi) is 7.33. The van der Waals surface area contributed by atoms with Crippen molar-refractivity contribution in [3.8, 4) is 5.75 Å². The van der Waals surface area contributed by atoms with Crippen LogP contribution in [0.1, 0.15) is 32.3 Å². The third kappa shape index (κ3) is 6.06. The van der Waals surface area contributed by atoms with Crippen molar-refractivity contribution in [2.75, 3.05) is 13.7 Å². The number of hydrogen-bond acceptors (Lipinski definition) is 4. The minimum absolute atomic E-state index is 0.0310. The maximum Gasteiger partial charge on any atom is 0.164 e. The number of methoxy groups -OCH3 is 1. The number of benzene rings is 1. The van der Waals surface area contributed by atoms with Gasteiger partial charge in [-0.25, -0.2) is 0 Å². The van der Waals surface area contributed by atoms with E-state index < -0.39 is 5.79 Å². The lowest BCUT2D eigenvalue weighted by Gasteiger charge is -2.16. The summed E-state index contributed by atoms with van der Waals surface area (Å²) >= 11 is 2.21. The highest BCUT2D eigenvalue weighted by molar-refractivity contribution is 14.1. The van der Waals surface area contributed by atoms with E-state index in [4.69, 9.17) is 18.9 Å². The molecule has 4 nitrogen and oxygen atoms in total. The van der Waals surface area contributed by atoms with Crippen LogP contribution in [0.2, 0.25) is 0 Å². The molecule has 1 heterocycles. The van der Waals surface area contributed by atoms with Gasteiger partial charge in [-0.15, -0.1) is 0 Å². The highest BCUT2D eigenvalue weighted by Crippen LogP contribution is 2.31. The molecule has 0 aromatic heterocycles. The molecule has 1 fully saturated rings. The van der Waals surface area contributed by atoms with Gasteiger partial charge in [0.05, 0.1) is 19.8 Å². The zero-order valence-corrected chi connectivity index (χ0v) is 16.1. The Morgan fingerprint density at radius 3 is 2.61 bits per heavy atom. The molecule has 0 N–H and O–H groups in total. The summed E-state index contributed by atoms with van der Waals surface area (Å²) < 4.78 is 24.7. The van der Waals surface area contributed by atoms with Crippen LogP contribution in [0.3, 0.4) is 0 Å². The van der Waals surface area contributed by atoms with E-state index in [-0.39, 0.29) is 12.2 Å². The first-order chi connectivity index (χ1) is 11.0. The number of halogens is 1. The molecule has 0 bridgehead atoms. The maximum absolute atomic E-state index is 5.96. The Hall–Kier alpha value is -0.630. The van der Waals surface area contributed by atoms with Gasteiger partial charge < -0.3 is 18.9 Å². The SMILES string of the molecule is COc1ccc(COCCC[C@H]2OC(C)(C)O[C@@H]2/C=C/I)cc1. The van der Waals surface area contributed by atoms with Crippen LogP contribution in [0.25, 0.3) is 0 Å². The topological polar surface area (TPSA) is 36.9 Å². The predicted octanol–water partition coefficient (Wildman–Crippen LogP) is 4.46. The third-order valence-electron chi connectivity index (χ3n) is 3.69. The molecule has 0 aliphatic carbocycles. The summed E-state index contributed by atoms with van der Waals surface area (Å²) in [5, 5.41) is 0. The molecule has 128 valence electrons. The normalized spacial score (nSPS) is 23.5. The summed E-state index contributed by atoms with van der Waals surface area (Å²) in [4.78, 5) is 0. The van der Waals surface area contributed by atoms with Crippen molar-refractivity contribution in [1.29, 1.82) is 0 Å². The third-order valence-corrected chi connectivity index (χ3v) is 4.10. The summed E-state index contributed by atoms with van der Waals surface area (Å²) in [6.07, 6.45) is 4.06. The van der Waals surface area contributed by atoms with Crippen molar-refractivity contribution < 1.29 is 18.9 Å². The number of ether oxygens (including phenoxy) is 4. The standard InChI is InChI=1S/C18H25IO4/c1-18(2)22-16(17(23-18)10-11-19)5-4-12-21-13-14-6-8-15(20-3)9-7-14/h6-11,16-17H,4-5,12-13H2,1-3H3/b11-10+/t16-,17-/m1/s1. The van der Waals surface area contributed by atoms with E-state index in [1.54, 1.807) is 7.11 Å². The average molecular weight is 432 g/mol. The fourth-order valence-electron chi connectivity index (χ4n) is 2.62. The fraction of sp³-hybridized carbons (Fsp3) is 0.556. The van der Waals surface area contributed by atoms with Crippen molar-refractivity contribution in [2.45, 2.75) is 51.3 Å². The Morgan fingerprint density at radius 1 is 1.22 bits per heavy atom. The van der Waals surface area contributed by atoms with Gasteiger partial charge in [-0.1, -0.05) is 34.7 Å². The Labute approximate surface area is 152 Å². The summed E-state index contributed by atoms with van der Waals surface area (Å²) in [7, 11) is 1.67. The monoisotopic (exact) mass is 432 g/mol. The first-order valence-corrected chi connectivity index (χ1v) is 9.12. The molecule has 0 saturated carbocycles. The molecule has 2 rings (SSSR count). The van der Waals surface area contributed by atoms with Gasteiger partial charge in [0.25, 0.3) is 0 Å². The summed E-state index contributed by atoms with van der Waals surface area (Å²) in [5.41, 5.74) is 1.15. The van der Waals surface area contributed by atoms with Gasteiger partial charge in [0, 0.05) is 6.61 Å². The molecule has 5 heteroatoms. The van der Waals surface area contributed by atoms with Crippen molar-refractivity contribution in [3.63, 3.8) is 0 Å². The summed E-state index contributed by atoms with van der Waals surface area (Å²) in [6.45, 7) is 5.25. The van der Waals surface area contributed by atoms with Gasteiger partial charge >= 0.3 is 0 Å². The second-order valence-electron chi connectivity index (χ2n) is 6.00. The van der Waals surface area contributed by atoms with Crippen LogP contribution in [0.5, 0.6) is 5.75 Å². The first-order valence-electron chi connectivity index (χ1n) is 7.87. The van der Waals surface area contributed by atoms with Gasteiger partial charge in [-0.3, -0.25) is 0 Å². The van der Waals surface area contributed by atoms with Crippen molar-refractivity contribution in [1.82, 2.24) is 0 Å². The molecule has 1 aromatic carbocycles. The fourth-order valence-corrected chi connectivity index (χ4v) is 3.03. The van der Waals surface area contributed by atoms with E-state index >= 15 is 0 Å². The lowest BCUT2D eigenvalue weighted by atomic mass is 10.1. The maximum atomic E-state index is 5.96. The molecule has 0 unspecified atom stereocenters. The Morgan fingerprint density at radius 2 is 1.96 bits per heavy atom. The first kappa shape index (κ1) is 18.7. The molecule has 1 aromatic rings. The molecular formula is C18H25IO4. The largest absolute Gasteiger partial charge is 0.497 e. The van der Waals surface area contributed by atoms with Gasteiger partial charge in [0.15, 0.2) is 5.79 Å². The summed E-state index contributed by atoms with van der Waals surface area (Å²) in [5.74, 6) is 0.360. The number of hydrogen-bond donors (Lipinski definition) is 0. The van der Waals surface area contributed by atoms with Gasteiger partial charge in [0.1, 0.15) is 11.9 Å². The van der Waals surface area contributed by atoms with Gasteiger partial charge in [-0.05, 0) is 54.5 Å². The molecule has 0 radical (unpaired) electrons. The van der Waals surface area contributed by atoms with E-state index in [2.05, 4.69) is 28.7 Å². The van der Waals surface area contributed by atoms with E-state index in [1.165, 1.54) is 0 Å². The van der Waals surface area contributed by atoms with Crippen LogP contribution >= 0.6 is 22.6 Å². The van der Waals surface area contributed by atoms with E-state index in [0.717, 1.165) is 24.2 Å². The van der Waals surface area contributed by atoms with Crippen LogP contribution < -0.4 is 4.74 Å². The van der Waals surface area contributed by atoms with E-state index in [0.29, 0.717) is 13.2 Å². The van der Waals surface area contributed by atoms with Crippen molar-refractivity contribution >= 4 is 22.6 Å². The van der Waals surface area contributed by atoms with Crippen LogP contribution in [0.4, 0.5) is 0 Å². The second kappa shape index (κ2) is 9.01. The van der Waals surface area contributed by atoms with E-state index in [1.807, 2.05) is 42.2 Å². The highest BCUT2D eigenvalue weighted by Gasteiger charge is 2.39. The average Bonchev–Trinajstić information content (AvgIpc) is 2.82. The minimum atomic E-state index is -0.505. The minimum Gasteiger partial charge on any atom is -0.497 e. The van der Waals surface area contributed by atoms with Crippen molar-refractivity contribution in [3.05, 3.63) is 40.0 Å². The second-order valence-corrected chi connectivity index (χ2v) is 6.72. The zero-order chi connectivity index (χ0) is 16.7. The Bertz CT molecular complexity index is 498. The molecule has 2 atom stereocenters. The van der Waals surface area contributed by atoms with Crippen LogP contribution in [0.15, 0.2) is 34.4 Å². The molecular weight excluding hydrogens is 407 g/mol. The molecule has 1 aliphatic heterocycles. The van der Waals surface area contributed by atoms with E-state index in [9.17, 15) is 0 Å². The quantitative estimate of drug-likeness (QED) is 0.449. The molecule has 23 heavy (non-hydrogen) atoms. The predicted molar refractivity (Wildman–Crippen MR) is 98.9 cm³/mol. The lowest BCUT2D eigenvalue weighted by molar-refractivity contribution is -0.143. The number of rotatable bonds is 8. The smallest absolute Gasteiger partial charge is 0.164 e. The Balaban J connectivity index is 1.68. The van der Waals surface area contributed by atoms with Crippen LogP contribution in [-0.4, -0.2) is 31.7 Å². The van der Waals surface area contributed by atoms with Crippen molar-refractivity contribution in [2.24, 2.45) is 0 Å². The molecule has 1 aliphatic rings. The molecule has 0 spiro atoms. The highest BCUT2D eigenvalue weighted by atomic mass is 127. The zero-order valence-electron chi connectivity index (χ0n) is 14.0. The van der Waals surface area contributed by atoms with Gasteiger partial charge in [0.2, 0.25) is 0 Å². The summed E-state index contributed by atoms with van der Waals surface area (Å²) in [6, 6.07) is 7.95. The van der Waals surface area contributed by atoms with Crippen LogP contribution in [0, 0.1) is 0 Å². The van der Waals surface area contributed by atoms with Gasteiger partial charge in [-0.2, -0.15) is 0 Å². The molecule has 1 saturated heterocycles.